The molecule has 0 saturated carbocycles. The van der Waals surface area contributed by atoms with E-state index in [0.29, 0.717) is 6.42 Å². The summed E-state index contributed by atoms with van der Waals surface area (Å²) in [5, 5.41) is 5.02. The predicted octanol–water partition coefficient (Wildman–Crippen LogP) is 5.65. The molecule has 0 aliphatic carbocycles. The first-order valence-corrected chi connectivity index (χ1v) is 11.7. The van der Waals surface area contributed by atoms with Gasteiger partial charge in [0.1, 0.15) is 0 Å². The Hall–Kier alpha value is -3.12. The highest BCUT2D eigenvalue weighted by molar-refractivity contribution is 7.15. The zero-order chi connectivity index (χ0) is 21.8. The van der Waals surface area contributed by atoms with Crippen molar-refractivity contribution < 1.29 is 4.79 Å². The summed E-state index contributed by atoms with van der Waals surface area (Å²) in [5.41, 5.74) is 6.27. The van der Waals surface area contributed by atoms with Crippen LogP contribution in [0, 0.1) is 0 Å². The highest BCUT2D eigenvalue weighted by atomic mass is 32.1. The summed E-state index contributed by atoms with van der Waals surface area (Å²) in [6.07, 6.45) is 3.35. The van der Waals surface area contributed by atoms with Crippen LogP contribution in [0.4, 0.5) is 11.4 Å². The van der Waals surface area contributed by atoms with Gasteiger partial charge in [0, 0.05) is 47.3 Å². The van der Waals surface area contributed by atoms with Gasteiger partial charge < -0.3 is 10.2 Å². The Bertz CT molecular complexity index is 1150. The SMILES string of the molecule is CCc1ccc(-c2cn3c(CC(=O)Nc4ccc(N(CC)CC)cc4)csc3n2)cc1. The van der Waals surface area contributed by atoms with Crippen molar-refractivity contribution in [3.05, 3.63) is 71.4 Å². The smallest absolute Gasteiger partial charge is 0.230 e. The number of carbonyl (C=O) groups excluding carboxylic acids is 1. The van der Waals surface area contributed by atoms with Gasteiger partial charge in [-0.2, -0.15) is 0 Å². The Labute approximate surface area is 187 Å². The van der Waals surface area contributed by atoms with Crippen LogP contribution in [0.25, 0.3) is 16.2 Å². The van der Waals surface area contributed by atoms with E-state index in [9.17, 15) is 4.79 Å². The van der Waals surface area contributed by atoms with Gasteiger partial charge in [0.25, 0.3) is 0 Å². The van der Waals surface area contributed by atoms with E-state index >= 15 is 0 Å². The van der Waals surface area contributed by atoms with Gasteiger partial charge in [0.15, 0.2) is 4.96 Å². The summed E-state index contributed by atoms with van der Waals surface area (Å²) in [5.74, 6) is -0.0298. The van der Waals surface area contributed by atoms with Crippen molar-refractivity contribution in [2.24, 2.45) is 0 Å². The number of nitrogens with one attached hydrogen (secondary N) is 1. The molecule has 0 aliphatic rings. The summed E-state index contributed by atoms with van der Waals surface area (Å²) >= 11 is 1.56. The zero-order valence-corrected chi connectivity index (χ0v) is 19.1. The second kappa shape index (κ2) is 9.35. The van der Waals surface area contributed by atoms with Gasteiger partial charge in [-0.25, -0.2) is 4.98 Å². The molecule has 4 rings (SSSR count). The van der Waals surface area contributed by atoms with Crippen molar-refractivity contribution in [2.45, 2.75) is 33.6 Å². The molecule has 0 saturated heterocycles. The molecule has 1 N–H and O–H groups in total. The monoisotopic (exact) mass is 432 g/mol. The van der Waals surface area contributed by atoms with Crippen LogP contribution >= 0.6 is 11.3 Å². The molecule has 0 fully saturated rings. The van der Waals surface area contributed by atoms with Crippen LogP contribution in [-0.2, 0) is 17.6 Å². The van der Waals surface area contributed by atoms with Crippen LogP contribution in [0.5, 0.6) is 0 Å². The molecular formula is C25H28N4OS. The molecule has 0 atom stereocenters. The Morgan fingerprint density at radius 3 is 2.39 bits per heavy atom. The number of anilines is 2. The third-order valence-corrected chi connectivity index (χ3v) is 6.45. The molecule has 2 heterocycles. The fourth-order valence-corrected chi connectivity index (χ4v) is 4.59. The molecule has 0 radical (unpaired) electrons. The molecule has 0 spiro atoms. The van der Waals surface area contributed by atoms with E-state index in [-0.39, 0.29) is 5.91 Å². The van der Waals surface area contributed by atoms with E-state index in [1.165, 1.54) is 11.3 Å². The highest BCUT2D eigenvalue weighted by Gasteiger charge is 2.13. The number of rotatable bonds is 8. The average Bonchev–Trinajstić information content (AvgIpc) is 3.38. The fourth-order valence-electron chi connectivity index (χ4n) is 3.72. The lowest BCUT2D eigenvalue weighted by Crippen LogP contribution is -2.21. The average molecular weight is 433 g/mol. The van der Waals surface area contributed by atoms with Crippen molar-refractivity contribution in [1.29, 1.82) is 0 Å². The van der Waals surface area contributed by atoms with E-state index in [4.69, 9.17) is 4.98 Å². The zero-order valence-electron chi connectivity index (χ0n) is 18.3. The molecule has 160 valence electrons. The summed E-state index contributed by atoms with van der Waals surface area (Å²) in [7, 11) is 0. The molecule has 4 aromatic rings. The third kappa shape index (κ3) is 4.64. The minimum atomic E-state index is -0.0298. The molecule has 6 heteroatoms. The number of amides is 1. The molecule has 0 bridgehead atoms. The van der Waals surface area contributed by atoms with Crippen molar-refractivity contribution in [2.75, 3.05) is 23.3 Å². The topological polar surface area (TPSA) is 49.6 Å². The van der Waals surface area contributed by atoms with Gasteiger partial charge in [0.2, 0.25) is 5.91 Å². The minimum absolute atomic E-state index is 0.0298. The first-order valence-electron chi connectivity index (χ1n) is 10.8. The van der Waals surface area contributed by atoms with Crippen molar-refractivity contribution in [3.63, 3.8) is 0 Å². The maximum atomic E-state index is 12.7. The maximum Gasteiger partial charge on any atom is 0.230 e. The molecule has 5 nitrogen and oxygen atoms in total. The Morgan fingerprint density at radius 2 is 1.74 bits per heavy atom. The number of aryl methyl sites for hydroxylation is 1. The third-order valence-electron chi connectivity index (χ3n) is 5.56. The lowest BCUT2D eigenvalue weighted by atomic mass is 10.1. The van der Waals surface area contributed by atoms with Crippen LogP contribution in [0.15, 0.2) is 60.1 Å². The predicted molar refractivity (Wildman–Crippen MR) is 130 cm³/mol. The Kier molecular flexibility index (Phi) is 6.37. The lowest BCUT2D eigenvalue weighted by Gasteiger charge is -2.21. The normalized spacial score (nSPS) is 11.1. The van der Waals surface area contributed by atoms with Crippen LogP contribution in [0.1, 0.15) is 32.0 Å². The number of hydrogen-bond donors (Lipinski definition) is 1. The summed E-state index contributed by atoms with van der Waals surface area (Å²) in [4.78, 5) is 20.6. The van der Waals surface area contributed by atoms with Gasteiger partial charge in [-0.1, -0.05) is 31.2 Å². The quantitative estimate of drug-likeness (QED) is 0.391. The van der Waals surface area contributed by atoms with Crippen molar-refractivity contribution in [3.8, 4) is 11.3 Å². The number of imidazole rings is 1. The van der Waals surface area contributed by atoms with Gasteiger partial charge in [0.05, 0.1) is 12.1 Å². The number of nitrogens with zero attached hydrogens (tertiary/aromatic N) is 3. The standard InChI is InChI=1S/C25H28N4OS/c1-4-18-7-9-19(10-8-18)23-16-29-22(17-31-25(29)27-23)15-24(30)26-20-11-13-21(14-12-20)28(5-2)6-3/h7-14,16-17H,4-6,15H2,1-3H3,(H,26,30). The number of aromatic nitrogens is 2. The van der Waals surface area contributed by atoms with Crippen molar-refractivity contribution in [1.82, 2.24) is 9.38 Å². The Morgan fingerprint density at radius 1 is 1.03 bits per heavy atom. The van der Waals surface area contributed by atoms with Gasteiger partial charge >= 0.3 is 0 Å². The number of fused-ring (bicyclic) bond motifs is 1. The van der Waals surface area contributed by atoms with Crippen LogP contribution < -0.4 is 10.2 Å². The molecule has 31 heavy (non-hydrogen) atoms. The second-order valence-electron chi connectivity index (χ2n) is 7.50. The molecule has 1 amide bonds. The number of carbonyl (C=O) groups is 1. The van der Waals surface area contributed by atoms with E-state index in [2.05, 4.69) is 67.4 Å². The number of hydrogen-bond acceptors (Lipinski definition) is 4. The van der Waals surface area contributed by atoms with Gasteiger partial charge in [-0.15, -0.1) is 11.3 Å². The molecule has 2 aromatic carbocycles. The minimum Gasteiger partial charge on any atom is -0.372 e. The highest BCUT2D eigenvalue weighted by Crippen LogP contribution is 2.25. The van der Waals surface area contributed by atoms with Gasteiger partial charge in [-0.05, 0) is 50.1 Å². The first kappa shape index (κ1) is 21.1. The second-order valence-corrected chi connectivity index (χ2v) is 8.34. The Balaban J connectivity index is 1.45. The van der Waals surface area contributed by atoms with E-state index in [1.807, 2.05) is 28.1 Å². The maximum absolute atomic E-state index is 12.7. The molecule has 0 unspecified atom stereocenters. The van der Waals surface area contributed by atoms with E-state index in [1.54, 1.807) is 11.3 Å². The fraction of sp³-hybridized carbons (Fsp3) is 0.280. The molecule has 0 aliphatic heterocycles. The number of thiazole rings is 1. The molecular weight excluding hydrogens is 404 g/mol. The largest absolute Gasteiger partial charge is 0.372 e. The first-order chi connectivity index (χ1) is 15.1. The van der Waals surface area contributed by atoms with Crippen LogP contribution in [0.2, 0.25) is 0 Å². The summed E-state index contributed by atoms with van der Waals surface area (Å²) in [6, 6.07) is 16.5. The van der Waals surface area contributed by atoms with E-state index in [0.717, 1.165) is 47.1 Å². The number of benzene rings is 2. The summed E-state index contributed by atoms with van der Waals surface area (Å²) < 4.78 is 2.02. The van der Waals surface area contributed by atoms with E-state index < -0.39 is 0 Å². The molecule has 2 aromatic heterocycles. The van der Waals surface area contributed by atoms with Crippen LogP contribution in [-0.4, -0.2) is 28.4 Å². The van der Waals surface area contributed by atoms with Gasteiger partial charge in [-0.3, -0.25) is 9.20 Å². The van der Waals surface area contributed by atoms with Crippen molar-refractivity contribution >= 4 is 33.6 Å². The lowest BCUT2D eigenvalue weighted by molar-refractivity contribution is -0.115. The summed E-state index contributed by atoms with van der Waals surface area (Å²) in [6.45, 7) is 8.36. The van der Waals surface area contributed by atoms with Crippen LogP contribution in [0.3, 0.4) is 0 Å².